The molecule has 0 radical (unpaired) electrons. The first-order valence-electron chi connectivity index (χ1n) is 8.67. The van der Waals surface area contributed by atoms with Crippen LogP contribution in [0.5, 0.6) is 5.75 Å². The molecule has 1 amide bonds. The van der Waals surface area contributed by atoms with Crippen LogP contribution in [-0.2, 0) is 6.54 Å². The number of amides is 1. The van der Waals surface area contributed by atoms with Crippen molar-refractivity contribution in [2.24, 2.45) is 0 Å². The fourth-order valence-corrected chi connectivity index (χ4v) is 3.30. The van der Waals surface area contributed by atoms with E-state index in [9.17, 15) is 4.79 Å². The van der Waals surface area contributed by atoms with Crippen LogP contribution in [0.1, 0.15) is 28.8 Å². The lowest BCUT2D eigenvalue weighted by Gasteiger charge is -2.32. The van der Waals surface area contributed by atoms with Crippen molar-refractivity contribution in [1.29, 1.82) is 0 Å². The lowest BCUT2D eigenvalue weighted by molar-refractivity contribution is 0.0907. The minimum absolute atomic E-state index is 0.156. The van der Waals surface area contributed by atoms with E-state index in [1.165, 1.54) is 5.56 Å². The molecule has 1 aliphatic rings. The normalized spacial score (nSPS) is 15.7. The Morgan fingerprint density at radius 2 is 1.88 bits per heavy atom. The van der Waals surface area contributed by atoms with E-state index < -0.39 is 0 Å². The number of nitrogens with two attached hydrogens (primary N) is 1. The minimum atomic E-state index is -0.156. The van der Waals surface area contributed by atoms with Crippen LogP contribution >= 0.6 is 0 Å². The Kier molecular flexibility index (Phi) is 5.56. The molecule has 5 nitrogen and oxygen atoms in total. The Bertz CT molecular complexity index is 710. The monoisotopic (exact) mass is 339 g/mol. The third-order valence-electron chi connectivity index (χ3n) is 4.68. The standard InChI is InChI=1S/C20H25N3O2/c1-25-18-9-5-8-17(21)19(18)20(24)22-16-10-12-23(13-11-16)14-15-6-3-2-4-7-15/h2-9,16H,10-14,21H2,1H3,(H,22,24). The number of carbonyl (C=O) groups excluding carboxylic acids is 1. The Labute approximate surface area is 148 Å². The topological polar surface area (TPSA) is 67.6 Å². The Balaban J connectivity index is 1.55. The van der Waals surface area contributed by atoms with Crippen molar-refractivity contribution in [3.8, 4) is 5.75 Å². The van der Waals surface area contributed by atoms with Crippen molar-refractivity contribution >= 4 is 11.6 Å². The number of piperidine rings is 1. The molecule has 1 saturated heterocycles. The highest BCUT2D eigenvalue weighted by Crippen LogP contribution is 2.24. The van der Waals surface area contributed by atoms with Crippen molar-refractivity contribution in [1.82, 2.24) is 10.2 Å². The van der Waals surface area contributed by atoms with Gasteiger partial charge in [0.05, 0.1) is 7.11 Å². The summed E-state index contributed by atoms with van der Waals surface area (Å²) in [7, 11) is 1.55. The van der Waals surface area contributed by atoms with E-state index >= 15 is 0 Å². The minimum Gasteiger partial charge on any atom is -0.496 e. The number of hydrogen-bond acceptors (Lipinski definition) is 4. The molecule has 0 atom stereocenters. The summed E-state index contributed by atoms with van der Waals surface area (Å²) < 4.78 is 5.27. The van der Waals surface area contributed by atoms with E-state index in [2.05, 4.69) is 34.5 Å². The van der Waals surface area contributed by atoms with Gasteiger partial charge in [-0.15, -0.1) is 0 Å². The maximum atomic E-state index is 12.6. The zero-order valence-electron chi connectivity index (χ0n) is 14.6. The van der Waals surface area contributed by atoms with E-state index in [1.54, 1.807) is 25.3 Å². The molecule has 0 bridgehead atoms. The van der Waals surface area contributed by atoms with E-state index in [0.717, 1.165) is 32.5 Å². The fourth-order valence-electron chi connectivity index (χ4n) is 3.30. The first-order chi connectivity index (χ1) is 12.2. The van der Waals surface area contributed by atoms with Crippen LogP contribution in [0.3, 0.4) is 0 Å². The summed E-state index contributed by atoms with van der Waals surface area (Å²) in [6.07, 6.45) is 1.88. The number of likely N-dealkylation sites (tertiary alicyclic amines) is 1. The Morgan fingerprint density at radius 3 is 2.56 bits per heavy atom. The zero-order valence-corrected chi connectivity index (χ0v) is 14.6. The van der Waals surface area contributed by atoms with Crippen LogP contribution in [0.25, 0.3) is 0 Å². The van der Waals surface area contributed by atoms with Crippen molar-refractivity contribution in [3.05, 3.63) is 59.7 Å². The van der Waals surface area contributed by atoms with Gasteiger partial charge < -0.3 is 15.8 Å². The molecule has 1 aliphatic heterocycles. The molecule has 2 aromatic rings. The Hall–Kier alpha value is -2.53. The molecular formula is C20H25N3O2. The lowest BCUT2D eigenvalue weighted by atomic mass is 10.0. The van der Waals surface area contributed by atoms with Gasteiger partial charge in [0.2, 0.25) is 0 Å². The highest BCUT2D eigenvalue weighted by Gasteiger charge is 2.23. The molecule has 3 rings (SSSR count). The Morgan fingerprint density at radius 1 is 1.16 bits per heavy atom. The number of nitrogen functional groups attached to an aromatic ring is 1. The van der Waals surface area contributed by atoms with Crippen molar-refractivity contribution in [2.45, 2.75) is 25.4 Å². The molecule has 1 heterocycles. The van der Waals surface area contributed by atoms with Crippen molar-refractivity contribution in [2.75, 3.05) is 25.9 Å². The van der Waals surface area contributed by atoms with Crippen LogP contribution in [0, 0.1) is 0 Å². The summed E-state index contributed by atoms with van der Waals surface area (Å²) in [5, 5.41) is 3.11. The largest absolute Gasteiger partial charge is 0.496 e. The summed E-state index contributed by atoms with van der Waals surface area (Å²) in [6, 6.07) is 15.9. The average molecular weight is 339 g/mol. The first-order valence-corrected chi connectivity index (χ1v) is 8.67. The van der Waals surface area contributed by atoms with Crippen molar-refractivity contribution in [3.63, 3.8) is 0 Å². The molecule has 0 aromatic heterocycles. The quantitative estimate of drug-likeness (QED) is 0.822. The highest BCUT2D eigenvalue weighted by atomic mass is 16.5. The molecule has 0 aliphatic carbocycles. The van der Waals surface area contributed by atoms with Crippen LogP contribution < -0.4 is 15.8 Å². The second-order valence-corrected chi connectivity index (χ2v) is 6.43. The van der Waals surface area contributed by atoms with Crippen molar-refractivity contribution < 1.29 is 9.53 Å². The van der Waals surface area contributed by atoms with Crippen LogP contribution in [0.15, 0.2) is 48.5 Å². The first kappa shape index (κ1) is 17.3. The second kappa shape index (κ2) is 8.03. The van der Waals surface area contributed by atoms with E-state index in [-0.39, 0.29) is 11.9 Å². The predicted molar refractivity (Wildman–Crippen MR) is 99.6 cm³/mol. The number of nitrogens with zero attached hydrogens (tertiary/aromatic N) is 1. The number of ether oxygens (including phenoxy) is 1. The lowest BCUT2D eigenvalue weighted by Crippen LogP contribution is -2.44. The fraction of sp³-hybridized carbons (Fsp3) is 0.350. The summed E-state index contributed by atoms with van der Waals surface area (Å²) in [4.78, 5) is 15.0. The summed E-state index contributed by atoms with van der Waals surface area (Å²) in [5.74, 6) is 0.357. The summed E-state index contributed by atoms with van der Waals surface area (Å²) in [6.45, 7) is 2.91. The number of carbonyl (C=O) groups is 1. The van der Waals surface area contributed by atoms with Gasteiger partial charge in [-0.1, -0.05) is 36.4 Å². The van der Waals surface area contributed by atoms with Crippen LogP contribution in [0.4, 0.5) is 5.69 Å². The van der Waals surface area contributed by atoms with Gasteiger partial charge in [0.25, 0.3) is 5.91 Å². The highest BCUT2D eigenvalue weighted by molar-refractivity contribution is 6.02. The predicted octanol–water partition coefficient (Wildman–Crippen LogP) is 2.67. The number of methoxy groups -OCH3 is 1. The molecule has 3 N–H and O–H groups in total. The zero-order chi connectivity index (χ0) is 17.6. The summed E-state index contributed by atoms with van der Waals surface area (Å²) in [5.41, 5.74) is 8.16. The number of rotatable bonds is 5. The maximum Gasteiger partial charge on any atom is 0.257 e. The average Bonchev–Trinajstić information content (AvgIpc) is 2.64. The van der Waals surface area contributed by atoms with Gasteiger partial charge in [0.15, 0.2) is 0 Å². The molecule has 132 valence electrons. The van der Waals surface area contributed by atoms with Crippen LogP contribution in [0.2, 0.25) is 0 Å². The number of anilines is 1. The third-order valence-corrected chi connectivity index (χ3v) is 4.68. The third kappa shape index (κ3) is 4.31. The van der Waals surface area contributed by atoms with Gasteiger partial charge in [-0.25, -0.2) is 0 Å². The van der Waals surface area contributed by atoms with Gasteiger partial charge in [-0.2, -0.15) is 0 Å². The molecule has 1 fully saturated rings. The van der Waals surface area contributed by atoms with Gasteiger partial charge >= 0.3 is 0 Å². The van der Waals surface area contributed by atoms with E-state index in [4.69, 9.17) is 10.5 Å². The van der Waals surface area contributed by atoms with E-state index in [0.29, 0.717) is 17.0 Å². The number of hydrogen-bond donors (Lipinski definition) is 2. The molecule has 0 saturated carbocycles. The molecule has 25 heavy (non-hydrogen) atoms. The molecule has 5 heteroatoms. The van der Waals surface area contributed by atoms with Gasteiger partial charge in [0, 0.05) is 31.4 Å². The van der Waals surface area contributed by atoms with Gasteiger partial charge in [-0.3, -0.25) is 9.69 Å². The smallest absolute Gasteiger partial charge is 0.257 e. The molecule has 0 unspecified atom stereocenters. The van der Waals surface area contributed by atoms with E-state index in [1.807, 2.05) is 6.07 Å². The van der Waals surface area contributed by atoms with Gasteiger partial charge in [0.1, 0.15) is 11.3 Å². The number of benzene rings is 2. The summed E-state index contributed by atoms with van der Waals surface area (Å²) >= 11 is 0. The molecular weight excluding hydrogens is 314 g/mol. The maximum absolute atomic E-state index is 12.6. The molecule has 2 aromatic carbocycles. The SMILES string of the molecule is COc1cccc(N)c1C(=O)NC1CCN(Cc2ccccc2)CC1. The number of nitrogens with one attached hydrogen (secondary N) is 1. The van der Waals surface area contributed by atoms with Crippen LogP contribution in [-0.4, -0.2) is 37.0 Å². The molecule has 0 spiro atoms. The van der Waals surface area contributed by atoms with Gasteiger partial charge in [-0.05, 0) is 30.5 Å². The second-order valence-electron chi connectivity index (χ2n) is 6.43.